The van der Waals surface area contributed by atoms with Crippen LogP contribution in [0.4, 0.5) is 17.1 Å². The molecule has 1 aliphatic heterocycles. The first kappa shape index (κ1) is 30.4. The van der Waals surface area contributed by atoms with Crippen LogP contribution in [0.1, 0.15) is 40.1 Å². The first-order valence-electron chi connectivity index (χ1n) is 14.6. The lowest BCUT2D eigenvalue weighted by molar-refractivity contribution is 0.0968. The summed E-state index contributed by atoms with van der Waals surface area (Å²) in [6.07, 6.45) is -0.505. The van der Waals surface area contributed by atoms with Gasteiger partial charge >= 0.3 is 0 Å². The number of carbonyl (C=O) groups excluding carboxylic acids is 1. The number of fused-ring (bicyclic) bond motifs is 1. The summed E-state index contributed by atoms with van der Waals surface area (Å²) in [4.78, 5) is 18.5. The lowest BCUT2D eigenvalue weighted by Gasteiger charge is -2.46. The Morgan fingerprint density at radius 3 is 2.27 bits per heavy atom. The van der Waals surface area contributed by atoms with Gasteiger partial charge in [-0.1, -0.05) is 76.1 Å². The highest BCUT2D eigenvalue weighted by Crippen LogP contribution is 2.43. The van der Waals surface area contributed by atoms with E-state index in [4.69, 9.17) is 4.74 Å². The van der Waals surface area contributed by atoms with Crippen LogP contribution in [0.2, 0.25) is 0 Å². The molecule has 0 saturated heterocycles. The van der Waals surface area contributed by atoms with Gasteiger partial charge in [0.2, 0.25) is 0 Å². The van der Waals surface area contributed by atoms with Crippen molar-refractivity contribution in [2.75, 3.05) is 21.1 Å². The van der Waals surface area contributed by atoms with Crippen molar-refractivity contribution in [3.8, 4) is 5.75 Å². The van der Waals surface area contributed by atoms with E-state index in [0.29, 0.717) is 41.5 Å². The summed E-state index contributed by atoms with van der Waals surface area (Å²) in [7, 11) is -4.02. The van der Waals surface area contributed by atoms with Gasteiger partial charge in [0.25, 0.3) is 15.9 Å². The Morgan fingerprint density at radius 1 is 0.844 bits per heavy atom. The molecule has 5 aromatic rings. The van der Waals surface area contributed by atoms with Crippen molar-refractivity contribution in [1.82, 2.24) is 0 Å². The number of halogens is 1. The minimum Gasteiger partial charge on any atom is -0.494 e. The fourth-order valence-electron chi connectivity index (χ4n) is 5.53. The van der Waals surface area contributed by atoms with Crippen molar-refractivity contribution in [2.24, 2.45) is 0 Å². The van der Waals surface area contributed by atoms with Crippen LogP contribution in [0.15, 0.2) is 131 Å². The summed E-state index contributed by atoms with van der Waals surface area (Å²) >= 11 is 3.62. The molecule has 0 aliphatic carbocycles. The number of carbonyl (C=O) groups is 1. The van der Waals surface area contributed by atoms with Crippen LogP contribution in [0, 0.1) is 6.92 Å². The number of sulfonamides is 1. The molecule has 1 N–H and O–H groups in total. The van der Waals surface area contributed by atoms with Gasteiger partial charge in [-0.3, -0.25) is 14.4 Å². The Kier molecular flexibility index (Phi) is 8.65. The zero-order chi connectivity index (χ0) is 31.6. The quantitative estimate of drug-likeness (QED) is 0.169. The fraction of sp³-hybridized carbons (Fsp3) is 0.139. The Bertz CT molecular complexity index is 1930. The standard InChI is InChI=1S/C36H32BrN3O4S/c1-3-44-31-18-14-29(15-19-31)38-45(42,43)32-20-21-34-33(23-32)36(41)40(30-16-12-25(2)13-17-30)35(27-10-7-11-28(37)22-27)39(34)24-26-8-5-4-6-9-26/h4-23,35,38H,3,24H2,1-2H3/t35-/m1/s1. The van der Waals surface area contributed by atoms with Crippen LogP contribution in [0.5, 0.6) is 5.75 Å². The molecule has 228 valence electrons. The molecule has 0 bridgehead atoms. The second kappa shape index (κ2) is 12.8. The zero-order valence-corrected chi connectivity index (χ0v) is 27.3. The highest BCUT2D eigenvalue weighted by Gasteiger charge is 2.40. The van der Waals surface area contributed by atoms with E-state index in [9.17, 15) is 13.2 Å². The van der Waals surface area contributed by atoms with E-state index in [0.717, 1.165) is 21.2 Å². The average Bonchev–Trinajstić information content (AvgIpc) is 3.04. The lowest BCUT2D eigenvalue weighted by atomic mass is 9.99. The van der Waals surface area contributed by atoms with E-state index in [-0.39, 0.29) is 10.8 Å². The molecule has 9 heteroatoms. The number of nitrogens with one attached hydrogen (secondary N) is 1. The molecule has 0 saturated carbocycles. The average molecular weight is 683 g/mol. The van der Waals surface area contributed by atoms with E-state index in [1.165, 1.54) is 6.07 Å². The number of benzene rings is 5. The molecular formula is C36H32BrN3O4S. The minimum absolute atomic E-state index is 0.00657. The third-order valence-electron chi connectivity index (χ3n) is 7.65. The third-order valence-corrected chi connectivity index (χ3v) is 9.52. The molecule has 1 amide bonds. The number of hydrogen-bond donors (Lipinski definition) is 1. The Hall–Kier alpha value is -4.60. The van der Waals surface area contributed by atoms with Gasteiger partial charge in [-0.25, -0.2) is 8.42 Å². The molecule has 6 rings (SSSR count). The molecule has 5 aromatic carbocycles. The van der Waals surface area contributed by atoms with Crippen LogP contribution in [-0.4, -0.2) is 20.9 Å². The number of amides is 1. The topological polar surface area (TPSA) is 78.9 Å². The molecule has 0 aromatic heterocycles. The van der Waals surface area contributed by atoms with Crippen molar-refractivity contribution < 1.29 is 17.9 Å². The minimum atomic E-state index is -4.02. The predicted octanol–water partition coefficient (Wildman–Crippen LogP) is 8.32. The predicted molar refractivity (Wildman–Crippen MR) is 182 cm³/mol. The van der Waals surface area contributed by atoms with E-state index < -0.39 is 16.2 Å². The maximum Gasteiger partial charge on any atom is 0.262 e. The number of rotatable bonds is 9. The summed E-state index contributed by atoms with van der Waals surface area (Å²) in [5.74, 6) is 0.357. The van der Waals surface area contributed by atoms with Gasteiger partial charge < -0.3 is 9.64 Å². The van der Waals surface area contributed by atoms with E-state index in [1.807, 2.05) is 92.7 Å². The van der Waals surface area contributed by atoms with Gasteiger partial charge in [0, 0.05) is 22.4 Å². The number of aryl methyl sites for hydroxylation is 1. The molecular weight excluding hydrogens is 650 g/mol. The molecule has 1 atom stereocenters. The van der Waals surface area contributed by atoms with Gasteiger partial charge in [0.05, 0.1) is 22.8 Å². The highest BCUT2D eigenvalue weighted by atomic mass is 79.9. The first-order chi connectivity index (χ1) is 21.7. The van der Waals surface area contributed by atoms with Crippen molar-refractivity contribution >= 4 is 48.9 Å². The molecule has 7 nitrogen and oxygen atoms in total. The Morgan fingerprint density at radius 2 is 1.58 bits per heavy atom. The highest BCUT2D eigenvalue weighted by molar-refractivity contribution is 9.10. The largest absolute Gasteiger partial charge is 0.494 e. The van der Waals surface area contributed by atoms with Crippen LogP contribution >= 0.6 is 15.9 Å². The van der Waals surface area contributed by atoms with E-state index >= 15 is 0 Å². The Labute approximate surface area is 272 Å². The normalized spacial score (nSPS) is 14.6. The van der Waals surface area contributed by atoms with Crippen molar-refractivity contribution in [2.45, 2.75) is 31.5 Å². The lowest BCUT2D eigenvalue weighted by Crippen LogP contribution is -2.49. The molecule has 0 spiro atoms. The van der Waals surface area contributed by atoms with Crippen LogP contribution in [-0.2, 0) is 16.6 Å². The van der Waals surface area contributed by atoms with E-state index in [1.54, 1.807) is 41.3 Å². The first-order valence-corrected chi connectivity index (χ1v) is 16.9. The summed E-state index contributed by atoms with van der Waals surface area (Å²) in [5.41, 5.74) is 5.08. The van der Waals surface area contributed by atoms with Crippen molar-refractivity contribution in [1.29, 1.82) is 0 Å². The molecule has 0 unspecified atom stereocenters. The maximum atomic E-state index is 14.6. The monoisotopic (exact) mass is 681 g/mol. The van der Waals surface area contributed by atoms with E-state index in [2.05, 4.69) is 25.6 Å². The maximum absolute atomic E-state index is 14.6. The van der Waals surface area contributed by atoms with Crippen LogP contribution in [0.25, 0.3) is 0 Å². The number of ether oxygens (including phenoxy) is 1. The van der Waals surface area contributed by atoms with Gasteiger partial charge in [-0.05, 0) is 91.7 Å². The number of hydrogen-bond acceptors (Lipinski definition) is 5. The van der Waals surface area contributed by atoms with Gasteiger partial charge in [-0.2, -0.15) is 0 Å². The SMILES string of the molecule is CCOc1ccc(NS(=O)(=O)c2ccc3c(c2)C(=O)N(c2ccc(C)cc2)[C@H](c2cccc(Br)c2)N3Cc2ccccc2)cc1. The number of anilines is 3. The third kappa shape index (κ3) is 6.45. The van der Waals surface area contributed by atoms with Crippen molar-refractivity contribution in [3.05, 3.63) is 148 Å². The fourth-order valence-corrected chi connectivity index (χ4v) is 7.03. The van der Waals surface area contributed by atoms with Crippen LogP contribution < -0.4 is 19.3 Å². The second-order valence-corrected chi connectivity index (χ2v) is 13.4. The van der Waals surface area contributed by atoms with Gasteiger partial charge in [-0.15, -0.1) is 0 Å². The van der Waals surface area contributed by atoms with Crippen LogP contribution in [0.3, 0.4) is 0 Å². The summed E-state index contributed by atoms with van der Waals surface area (Å²) in [6.45, 7) is 4.88. The zero-order valence-electron chi connectivity index (χ0n) is 24.9. The molecule has 1 aliphatic rings. The summed E-state index contributed by atoms with van der Waals surface area (Å²) in [5, 5.41) is 0. The second-order valence-electron chi connectivity index (χ2n) is 10.8. The molecule has 0 fully saturated rings. The molecule has 45 heavy (non-hydrogen) atoms. The smallest absolute Gasteiger partial charge is 0.262 e. The molecule has 0 radical (unpaired) electrons. The number of nitrogens with zero attached hydrogens (tertiary/aromatic N) is 2. The van der Waals surface area contributed by atoms with Gasteiger partial charge in [0.15, 0.2) is 0 Å². The summed E-state index contributed by atoms with van der Waals surface area (Å²) in [6, 6.07) is 37.2. The van der Waals surface area contributed by atoms with Crippen molar-refractivity contribution in [3.63, 3.8) is 0 Å². The molecule has 1 heterocycles. The summed E-state index contributed by atoms with van der Waals surface area (Å²) < 4.78 is 36.2. The van der Waals surface area contributed by atoms with Gasteiger partial charge in [0.1, 0.15) is 11.9 Å². The Balaban J connectivity index is 1.48.